The van der Waals surface area contributed by atoms with E-state index in [-0.39, 0.29) is 18.3 Å². The van der Waals surface area contributed by atoms with Crippen LogP contribution >= 0.6 is 0 Å². The summed E-state index contributed by atoms with van der Waals surface area (Å²) in [5.41, 5.74) is 0.368. The Morgan fingerprint density at radius 1 is 1.32 bits per heavy atom. The molecule has 1 aromatic rings. The van der Waals surface area contributed by atoms with Crippen molar-refractivity contribution in [1.82, 2.24) is 14.4 Å². The van der Waals surface area contributed by atoms with Gasteiger partial charge in [-0.1, -0.05) is 37.8 Å². The summed E-state index contributed by atoms with van der Waals surface area (Å²) >= 11 is 0. The summed E-state index contributed by atoms with van der Waals surface area (Å²) in [5, 5.41) is 13.3. The fourth-order valence-electron chi connectivity index (χ4n) is 4.41. The second-order valence-corrected chi connectivity index (χ2v) is 10.8. The van der Waals surface area contributed by atoms with Crippen LogP contribution in [0.15, 0.2) is 4.52 Å². The van der Waals surface area contributed by atoms with Gasteiger partial charge in [0.25, 0.3) is 0 Å². The van der Waals surface area contributed by atoms with Crippen LogP contribution in [0.4, 0.5) is 0 Å². The van der Waals surface area contributed by atoms with Crippen LogP contribution in [0.2, 0.25) is 0 Å². The Kier molecular flexibility index (Phi) is 6.44. The summed E-state index contributed by atoms with van der Waals surface area (Å²) in [5.74, 6) is -0.412. The molecule has 8 nitrogen and oxygen atoms in total. The lowest BCUT2D eigenvalue weighted by atomic mass is 9.72. The maximum Gasteiger partial charge on any atom is 0.304 e. The van der Waals surface area contributed by atoms with Crippen LogP contribution in [0.25, 0.3) is 0 Å². The molecule has 0 aromatic carbocycles. The maximum absolute atomic E-state index is 11.5. The van der Waals surface area contributed by atoms with Gasteiger partial charge in [-0.25, -0.2) is 12.7 Å². The third-order valence-electron chi connectivity index (χ3n) is 6.30. The molecule has 0 amide bonds. The van der Waals surface area contributed by atoms with Gasteiger partial charge in [-0.2, -0.15) is 4.98 Å². The number of nitrogens with zero attached hydrogens (tertiary/aromatic N) is 3. The molecular weight excluding hydrogens is 382 g/mol. The quantitative estimate of drug-likeness (QED) is 0.661. The maximum atomic E-state index is 11.5. The van der Waals surface area contributed by atoms with Gasteiger partial charge in [0.05, 0.1) is 18.6 Å². The molecule has 1 aliphatic heterocycles. The van der Waals surface area contributed by atoms with Gasteiger partial charge < -0.3 is 9.63 Å². The summed E-state index contributed by atoms with van der Waals surface area (Å²) in [6, 6.07) is 0. The Bertz CT molecular complexity index is 779. The van der Waals surface area contributed by atoms with Crippen molar-refractivity contribution in [3.05, 3.63) is 11.7 Å². The first-order valence-electron chi connectivity index (χ1n) is 10.2. The molecule has 2 aliphatic rings. The zero-order valence-electron chi connectivity index (χ0n) is 16.8. The van der Waals surface area contributed by atoms with Gasteiger partial charge >= 0.3 is 5.97 Å². The minimum atomic E-state index is -3.19. The number of carbonyl (C=O) groups is 1. The SMILES string of the molecule is CC1(CCC[C@H](CC(=O)O)c2nc(C3CN(S(C)(=O)=O)C3)no2)CCCCC1. The van der Waals surface area contributed by atoms with E-state index < -0.39 is 16.0 Å². The lowest BCUT2D eigenvalue weighted by Gasteiger charge is -2.35. The topological polar surface area (TPSA) is 114 Å². The minimum absolute atomic E-state index is 0.0293. The number of hydrogen-bond donors (Lipinski definition) is 1. The Morgan fingerprint density at radius 2 is 2.00 bits per heavy atom. The fraction of sp³-hybridized carbons (Fsp3) is 0.842. The van der Waals surface area contributed by atoms with Gasteiger partial charge in [0.2, 0.25) is 15.9 Å². The Hall–Kier alpha value is -1.48. The van der Waals surface area contributed by atoms with Crippen molar-refractivity contribution in [3.8, 4) is 0 Å². The molecule has 9 heteroatoms. The lowest BCUT2D eigenvalue weighted by molar-refractivity contribution is -0.137. The molecule has 28 heavy (non-hydrogen) atoms. The zero-order chi connectivity index (χ0) is 20.4. The van der Waals surface area contributed by atoms with Crippen molar-refractivity contribution < 1.29 is 22.8 Å². The molecule has 1 aromatic heterocycles. The van der Waals surface area contributed by atoms with Gasteiger partial charge in [0, 0.05) is 19.0 Å². The first-order valence-corrected chi connectivity index (χ1v) is 12.0. The molecule has 0 spiro atoms. The number of rotatable bonds is 9. The number of carboxylic acids is 1. The van der Waals surface area contributed by atoms with Crippen LogP contribution in [0.1, 0.15) is 88.3 Å². The number of carboxylic acid groups (broad SMARTS) is 1. The van der Waals surface area contributed by atoms with Crippen molar-refractivity contribution in [1.29, 1.82) is 0 Å². The van der Waals surface area contributed by atoms with Crippen molar-refractivity contribution in [3.63, 3.8) is 0 Å². The van der Waals surface area contributed by atoms with E-state index >= 15 is 0 Å². The highest BCUT2D eigenvalue weighted by Gasteiger charge is 2.37. The average molecular weight is 414 g/mol. The van der Waals surface area contributed by atoms with Crippen molar-refractivity contribution in [2.75, 3.05) is 19.3 Å². The minimum Gasteiger partial charge on any atom is -0.481 e. The molecule has 3 rings (SSSR count). The monoisotopic (exact) mass is 413 g/mol. The van der Waals surface area contributed by atoms with Gasteiger partial charge in [-0.15, -0.1) is 0 Å². The Labute approximate surface area is 166 Å². The van der Waals surface area contributed by atoms with Crippen LogP contribution in [0.3, 0.4) is 0 Å². The molecule has 0 radical (unpaired) electrons. The highest BCUT2D eigenvalue weighted by Crippen LogP contribution is 2.41. The molecule has 1 saturated heterocycles. The molecule has 1 aliphatic carbocycles. The third-order valence-corrected chi connectivity index (χ3v) is 7.54. The molecule has 1 N–H and O–H groups in total. The van der Waals surface area contributed by atoms with Gasteiger partial charge in [-0.05, 0) is 31.1 Å². The van der Waals surface area contributed by atoms with E-state index in [4.69, 9.17) is 4.52 Å². The van der Waals surface area contributed by atoms with Crippen LogP contribution < -0.4 is 0 Å². The van der Waals surface area contributed by atoms with E-state index in [1.807, 2.05) is 0 Å². The van der Waals surface area contributed by atoms with Crippen LogP contribution in [-0.4, -0.2) is 53.3 Å². The highest BCUT2D eigenvalue weighted by molar-refractivity contribution is 7.88. The van der Waals surface area contributed by atoms with Gasteiger partial charge in [0.15, 0.2) is 5.82 Å². The van der Waals surface area contributed by atoms with Crippen molar-refractivity contribution >= 4 is 16.0 Å². The van der Waals surface area contributed by atoms with Crippen molar-refractivity contribution in [2.45, 2.75) is 76.5 Å². The number of aromatic nitrogens is 2. The van der Waals surface area contributed by atoms with E-state index in [1.54, 1.807) is 0 Å². The van der Waals surface area contributed by atoms with Gasteiger partial charge in [-0.3, -0.25) is 4.79 Å². The summed E-state index contributed by atoms with van der Waals surface area (Å²) in [6.45, 7) is 3.03. The second-order valence-electron chi connectivity index (χ2n) is 8.83. The van der Waals surface area contributed by atoms with Crippen LogP contribution in [0, 0.1) is 5.41 Å². The Balaban J connectivity index is 1.58. The molecule has 1 atom stereocenters. The summed E-state index contributed by atoms with van der Waals surface area (Å²) < 4.78 is 29.7. The lowest BCUT2D eigenvalue weighted by Crippen LogP contribution is -2.48. The van der Waals surface area contributed by atoms with Crippen molar-refractivity contribution in [2.24, 2.45) is 5.41 Å². The van der Waals surface area contributed by atoms with E-state index in [0.29, 0.717) is 36.6 Å². The molecular formula is C19H31N3O5S. The number of aliphatic carboxylic acids is 1. The summed E-state index contributed by atoms with van der Waals surface area (Å²) in [7, 11) is -3.19. The van der Waals surface area contributed by atoms with E-state index in [2.05, 4.69) is 17.1 Å². The predicted octanol–water partition coefficient (Wildman–Crippen LogP) is 3.13. The van der Waals surface area contributed by atoms with E-state index in [1.165, 1.54) is 42.7 Å². The van der Waals surface area contributed by atoms with E-state index in [0.717, 1.165) is 12.8 Å². The van der Waals surface area contributed by atoms with E-state index in [9.17, 15) is 18.3 Å². The molecule has 2 fully saturated rings. The normalized spacial score (nSPS) is 21.9. The summed E-state index contributed by atoms with van der Waals surface area (Å²) in [6.07, 6.45) is 10.3. The summed E-state index contributed by atoms with van der Waals surface area (Å²) in [4.78, 5) is 15.7. The molecule has 0 bridgehead atoms. The fourth-order valence-corrected chi connectivity index (χ4v) is 5.31. The smallest absolute Gasteiger partial charge is 0.304 e. The zero-order valence-corrected chi connectivity index (χ0v) is 17.6. The molecule has 1 saturated carbocycles. The predicted molar refractivity (Wildman–Crippen MR) is 103 cm³/mol. The first kappa shape index (κ1) is 21.2. The number of hydrogen-bond acceptors (Lipinski definition) is 6. The molecule has 2 heterocycles. The molecule has 0 unspecified atom stereocenters. The van der Waals surface area contributed by atoms with Crippen LogP contribution in [-0.2, 0) is 14.8 Å². The second kappa shape index (κ2) is 8.49. The number of sulfonamides is 1. The standard InChI is InChI=1S/C19H31N3O5S/c1-19(8-4-3-5-9-19)10-6-7-14(11-16(23)24)18-20-17(21-27-18)15-12-22(13-15)28(2,25)26/h14-15H,3-13H2,1-2H3,(H,23,24)/t14-/m1/s1. The molecule has 158 valence electrons. The van der Waals surface area contributed by atoms with Crippen LogP contribution in [0.5, 0.6) is 0 Å². The third kappa shape index (κ3) is 5.31. The van der Waals surface area contributed by atoms with Gasteiger partial charge in [0.1, 0.15) is 0 Å². The Morgan fingerprint density at radius 3 is 2.61 bits per heavy atom. The highest BCUT2D eigenvalue weighted by atomic mass is 32.2. The largest absolute Gasteiger partial charge is 0.481 e. The average Bonchev–Trinajstić information content (AvgIpc) is 3.01. The first-order chi connectivity index (χ1) is 13.2.